The Morgan fingerprint density at radius 2 is 1.95 bits per heavy atom. The lowest BCUT2D eigenvalue weighted by Crippen LogP contribution is -2.43. The van der Waals surface area contributed by atoms with E-state index in [1.165, 1.54) is 48.1 Å². The lowest BCUT2D eigenvalue weighted by atomic mass is 9.84. The molecule has 0 radical (unpaired) electrons. The van der Waals surface area contributed by atoms with Gasteiger partial charge in [0.15, 0.2) is 0 Å². The topological polar surface area (TPSA) is 21.3 Å². The summed E-state index contributed by atoms with van der Waals surface area (Å²) in [5, 5.41) is 3.80. The van der Waals surface area contributed by atoms with E-state index < -0.39 is 0 Å². The smallest absolute Gasteiger partial charge is 0.128 e. The van der Waals surface area contributed by atoms with Crippen LogP contribution in [-0.4, -0.2) is 12.1 Å². The molecule has 116 valence electrons. The van der Waals surface area contributed by atoms with E-state index in [9.17, 15) is 0 Å². The van der Waals surface area contributed by atoms with E-state index in [-0.39, 0.29) is 5.60 Å². The predicted octanol–water partition coefficient (Wildman–Crippen LogP) is 4.69. The van der Waals surface area contributed by atoms with Gasteiger partial charge in [0.05, 0.1) is 0 Å². The lowest BCUT2D eigenvalue weighted by Gasteiger charge is -2.41. The first-order valence-corrected chi connectivity index (χ1v) is 8.53. The molecule has 3 rings (SSSR count). The first-order chi connectivity index (χ1) is 10.0. The van der Waals surface area contributed by atoms with Gasteiger partial charge >= 0.3 is 0 Å². The van der Waals surface area contributed by atoms with Gasteiger partial charge in [0, 0.05) is 18.0 Å². The Labute approximate surface area is 129 Å². The van der Waals surface area contributed by atoms with Crippen molar-refractivity contribution in [1.82, 2.24) is 5.32 Å². The molecular weight excluding hydrogens is 258 g/mol. The molecule has 1 aliphatic heterocycles. The molecule has 2 aliphatic rings. The molecule has 1 fully saturated rings. The summed E-state index contributed by atoms with van der Waals surface area (Å²) in [7, 11) is 0. The van der Waals surface area contributed by atoms with E-state index in [1.54, 1.807) is 0 Å². The molecule has 1 unspecified atom stereocenters. The fourth-order valence-corrected chi connectivity index (χ4v) is 3.85. The number of benzene rings is 1. The average molecular weight is 287 g/mol. The van der Waals surface area contributed by atoms with E-state index >= 15 is 0 Å². The number of fused-ring (bicyclic) bond motifs is 1. The molecule has 1 aromatic rings. The zero-order chi connectivity index (χ0) is 15.0. The van der Waals surface area contributed by atoms with Crippen LogP contribution in [0.4, 0.5) is 0 Å². The molecule has 1 aromatic carbocycles. The third-order valence-electron chi connectivity index (χ3n) is 5.26. The molecule has 1 heterocycles. The Morgan fingerprint density at radius 1 is 1.24 bits per heavy atom. The molecule has 0 aromatic heterocycles. The maximum atomic E-state index is 6.59. The molecule has 1 saturated carbocycles. The summed E-state index contributed by atoms with van der Waals surface area (Å²) < 4.78 is 6.59. The Balaban J connectivity index is 1.95. The summed E-state index contributed by atoms with van der Waals surface area (Å²) in [4.78, 5) is 0. The third kappa shape index (κ3) is 2.83. The van der Waals surface area contributed by atoms with Crippen molar-refractivity contribution in [1.29, 1.82) is 0 Å². The Morgan fingerprint density at radius 3 is 2.62 bits per heavy atom. The van der Waals surface area contributed by atoms with E-state index in [0.29, 0.717) is 12.0 Å². The van der Waals surface area contributed by atoms with Gasteiger partial charge in [-0.3, -0.25) is 0 Å². The lowest BCUT2D eigenvalue weighted by molar-refractivity contribution is 0.0354. The van der Waals surface area contributed by atoms with E-state index in [4.69, 9.17) is 4.74 Å². The molecule has 1 N–H and O–H groups in total. The molecule has 2 heteroatoms. The van der Waals surface area contributed by atoms with Crippen LogP contribution in [0, 0.1) is 19.8 Å². The van der Waals surface area contributed by atoms with Gasteiger partial charge in [-0.05, 0) is 63.1 Å². The molecule has 1 atom stereocenters. The van der Waals surface area contributed by atoms with Gasteiger partial charge in [-0.2, -0.15) is 0 Å². The molecule has 0 amide bonds. The summed E-state index contributed by atoms with van der Waals surface area (Å²) in [5.74, 6) is 1.85. The van der Waals surface area contributed by atoms with Crippen LogP contribution < -0.4 is 10.1 Å². The van der Waals surface area contributed by atoms with Crippen molar-refractivity contribution in [3.63, 3.8) is 0 Å². The Kier molecular flexibility index (Phi) is 4.00. The second kappa shape index (κ2) is 5.64. The average Bonchev–Trinajstić information content (AvgIpc) is 2.89. The van der Waals surface area contributed by atoms with Crippen molar-refractivity contribution in [2.75, 3.05) is 6.54 Å². The highest BCUT2D eigenvalue weighted by molar-refractivity contribution is 5.48. The molecule has 21 heavy (non-hydrogen) atoms. The monoisotopic (exact) mass is 287 g/mol. The van der Waals surface area contributed by atoms with Crippen molar-refractivity contribution in [3.05, 3.63) is 28.8 Å². The van der Waals surface area contributed by atoms with Gasteiger partial charge in [0.2, 0.25) is 0 Å². The van der Waals surface area contributed by atoms with E-state index in [0.717, 1.165) is 13.0 Å². The van der Waals surface area contributed by atoms with Crippen molar-refractivity contribution in [2.24, 2.45) is 5.92 Å². The Hall–Kier alpha value is -1.02. The zero-order valence-electron chi connectivity index (χ0n) is 14.0. The van der Waals surface area contributed by atoms with Crippen LogP contribution in [0.5, 0.6) is 5.75 Å². The van der Waals surface area contributed by atoms with Crippen LogP contribution in [-0.2, 0) is 0 Å². The maximum absolute atomic E-state index is 6.59. The fraction of sp³-hybridized carbons (Fsp3) is 0.684. The molecule has 0 bridgehead atoms. The number of aryl methyl sites for hydroxylation is 1. The van der Waals surface area contributed by atoms with Crippen molar-refractivity contribution in [3.8, 4) is 5.75 Å². The van der Waals surface area contributed by atoms with Gasteiger partial charge in [0.1, 0.15) is 11.4 Å². The summed E-state index contributed by atoms with van der Waals surface area (Å²) >= 11 is 0. The highest BCUT2D eigenvalue weighted by atomic mass is 16.5. The minimum Gasteiger partial charge on any atom is -0.487 e. The summed E-state index contributed by atoms with van der Waals surface area (Å²) in [6.45, 7) is 10.0. The summed E-state index contributed by atoms with van der Waals surface area (Å²) in [6, 6.07) is 4.97. The number of rotatable bonds is 3. The van der Waals surface area contributed by atoms with Gasteiger partial charge < -0.3 is 10.1 Å². The van der Waals surface area contributed by atoms with Gasteiger partial charge in [-0.1, -0.05) is 26.0 Å². The quantitative estimate of drug-likeness (QED) is 0.871. The molecular formula is C19H29NO. The van der Waals surface area contributed by atoms with Crippen molar-refractivity contribution >= 4 is 0 Å². The van der Waals surface area contributed by atoms with Crippen LogP contribution in [0.3, 0.4) is 0 Å². The first-order valence-electron chi connectivity index (χ1n) is 8.53. The van der Waals surface area contributed by atoms with Gasteiger partial charge in [-0.25, -0.2) is 0 Å². The van der Waals surface area contributed by atoms with Crippen molar-refractivity contribution < 1.29 is 4.74 Å². The second-order valence-electron chi connectivity index (χ2n) is 7.48. The number of hydrogen-bond donors (Lipinski definition) is 1. The SMILES string of the molecule is Cc1ccc2c(c1C)OC1(CCCC1)CC2NCC(C)C. The molecule has 1 spiro atoms. The zero-order valence-corrected chi connectivity index (χ0v) is 14.0. The van der Waals surface area contributed by atoms with E-state index in [2.05, 4.69) is 45.1 Å². The third-order valence-corrected chi connectivity index (χ3v) is 5.26. The molecule has 1 aliphatic carbocycles. The van der Waals surface area contributed by atoms with Gasteiger partial charge in [0.25, 0.3) is 0 Å². The van der Waals surface area contributed by atoms with Crippen LogP contribution in [0.15, 0.2) is 12.1 Å². The molecule has 0 saturated heterocycles. The minimum atomic E-state index is 0.0974. The largest absolute Gasteiger partial charge is 0.487 e. The highest BCUT2D eigenvalue weighted by Crippen LogP contribution is 2.48. The van der Waals surface area contributed by atoms with Crippen LogP contribution in [0.1, 0.15) is 68.7 Å². The maximum Gasteiger partial charge on any atom is 0.128 e. The first kappa shape index (κ1) is 14.9. The number of ether oxygens (including phenoxy) is 1. The minimum absolute atomic E-state index is 0.0974. The van der Waals surface area contributed by atoms with Crippen LogP contribution in [0.25, 0.3) is 0 Å². The summed E-state index contributed by atoms with van der Waals surface area (Å²) in [5.41, 5.74) is 4.14. The molecule has 2 nitrogen and oxygen atoms in total. The Bertz CT molecular complexity index is 515. The second-order valence-corrected chi connectivity index (χ2v) is 7.48. The van der Waals surface area contributed by atoms with Crippen molar-refractivity contribution in [2.45, 2.75) is 71.4 Å². The fourth-order valence-electron chi connectivity index (χ4n) is 3.85. The normalized spacial score (nSPS) is 23.4. The van der Waals surface area contributed by atoms with Gasteiger partial charge in [-0.15, -0.1) is 0 Å². The van der Waals surface area contributed by atoms with Crippen LogP contribution >= 0.6 is 0 Å². The standard InChI is InChI=1S/C19H29NO/c1-13(2)12-20-17-11-19(9-5-6-10-19)21-18-15(4)14(3)7-8-16(17)18/h7-8,13,17,20H,5-6,9-12H2,1-4H3. The number of hydrogen-bond acceptors (Lipinski definition) is 2. The predicted molar refractivity (Wildman–Crippen MR) is 87.9 cm³/mol. The highest BCUT2D eigenvalue weighted by Gasteiger charge is 2.43. The van der Waals surface area contributed by atoms with Crippen LogP contribution in [0.2, 0.25) is 0 Å². The summed E-state index contributed by atoms with van der Waals surface area (Å²) in [6.07, 6.45) is 6.21. The van der Waals surface area contributed by atoms with E-state index in [1.807, 2.05) is 0 Å². The number of nitrogens with one attached hydrogen (secondary N) is 1.